The predicted octanol–water partition coefficient (Wildman–Crippen LogP) is -0.199. The molecular formula is C18H30N6O. The zero-order valence-electron chi connectivity index (χ0n) is 14.9. The number of nitrogens with two attached hydrogens (primary N) is 2. The van der Waals surface area contributed by atoms with Crippen LogP contribution in [0, 0.1) is 0 Å². The summed E-state index contributed by atoms with van der Waals surface area (Å²) in [5.74, 6) is -0.141. The standard InChI is InChI=1S/C18H30N6O/c19-13-17-15(20)3-4-16(22-17)18(25)21-14-5-9-24(10-6-14)12-11-23-7-1-2-8-23/h3-4,13-15H,1-2,5-12,19-20H2,(H,21,25)/b17-13+. The second-order valence-electron chi connectivity index (χ2n) is 7.11. The van der Waals surface area contributed by atoms with E-state index in [0.717, 1.165) is 32.5 Å². The monoisotopic (exact) mass is 346 g/mol. The molecule has 5 N–H and O–H groups in total. The number of amides is 1. The first-order chi connectivity index (χ1) is 12.2. The van der Waals surface area contributed by atoms with Crippen molar-refractivity contribution in [3.05, 3.63) is 24.0 Å². The van der Waals surface area contributed by atoms with Crippen LogP contribution in [0.25, 0.3) is 0 Å². The molecule has 1 atom stereocenters. The van der Waals surface area contributed by atoms with Crippen molar-refractivity contribution in [3.8, 4) is 0 Å². The van der Waals surface area contributed by atoms with Crippen LogP contribution in [0.2, 0.25) is 0 Å². The maximum atomic E-state index is 12.4. The highest BCUT2D eigenvalue weighted by Crippen LogP contribution is 2.13. The molecule has 1 unspecified atom stereocenters. The second-order valence-corrected chi connectivity index (χ2v) is 7.11. The molecule has 0 aromatic rings. The van der Waals surface area contributed by atoms with Gasteiger partial charge in [0.15, 0.2) is 0 Å². The second kappa shape index (κ2) is 8.60. The largest absolute Gasteiger partial charge is 0.403 e. The molecule has 3 rings (SSSR count). The lowest BCUT2D eigenvalue weighted by atomic mass is 10.0. The van der Waals surface area contributed by atoms with Crippen LogP contribution in [-0.2, 0) is 4.79 Å². The van der Waals surface area contributed by atoms with E-state index in [9.17, 15) is 4.79 Å². The Balaban J connectivity index is 1.41. The summed E-state index contributed by atoms with van der Waals surface area (Å²) in [5.41, 5.74) is 12.3. The maximum Gasteiger partial charge on any atom is 0.270 e. The number of nitrogens with zero attached hydrogens (tertiary/aromatic N) is 3. The summed E-state index contributed by atoms with van der Waals surface area (Å²) in [4.78, 5) is 21.7. The Kier molecular flexibility index (Phi) is 6.23. The molecule has 3 aliphatic heterocycles. The molecule has 0 bridgehead atoms. The van der Waals surface area contributed by atoms with Crippen molar-refractivity contribution in [2.24, 2.45) is 16.5 Å². The van der Waals surface area contributed by atoms with Crippen LogP contribution >= 0.6 is 0 Å². The zero-order chi connectivity index (χ0) is 17.6. The van der Waals surface area contributed by atoms with Crippen molar-refractivity contribution in [2.45, 2.75) is 37.8 Å². The van der Waals surface area contributed by atoms with Crippen molar-refractivity contribution in [1.29, 1.82) is 0 Å². The van der Waals surface area contributed by atoms with E-state index in [0.29, 0.717) is 11.4 Å². The number of carbonyl (C=O) groups excluding carboxylic acids is 1. The average molecular weight is 346 g/mol. The molecule has 1 amide bonds. The van der Waals surface area contributed by atoms with Crippen LogP contribution in [0.15, 0.2) is 29.0 Å². The number of rotatable bonds is 5. The Morgan fingerprint density at radius 3 is 2.48 bits per heavy atom. The SMILES string of the molecule is N/C=C1/N=C(C(=O)NC2CCN(CCN3CCCC3)CC2)C=CC1N. The van der Waals surface area contributed by atoms with Gasteiger partial charge in [-0.05, 0) is 44.8 Å². The first kappa shape index (κ1) is 18.1. The summed E-state index contributed by atoms with van der Waals surface area (Å²) >= 11 is 0. The van der Waals surface area contributed by atoms with Crippen molar-refractivity contribution in [2.75, 3.05) is 39.3 Å². The Hall–Kier alpha value is -1.70. The van der Waals surface area contributed by atoms with Gasteiger partial charge in [0.1, 0.15) is 5.71 Å². The van der Waals surface area contributed by atoms with E-state index in [4.69, 9.17) is 11.5 Å². The highest BCUT2D eigenvalue weighted by Gasteiger charge is 2.24. The average Bonchev–Trinajstić information content (AvgIpc) is 3.15. The number of hydrogen-bond donors (Lipinski definition) is 3. The quantitative estimate of drug-likeness (QED) is 0.640. The molecule has 0 saturated carbocycles. The summed E-state index contributed by atoms with van der Waals surface area (Å²) < 4.78 is 0. The lowest BCUT2D eigenvalue weighted by molar-refractivity contribution is -0.115. The minimum atomic E-state index is -0.333. The predicted molar refractivity (Wildman–Crippen MR) is 100 cm³/mol. The van der Waals surface area contributed by atoms with Gasteiger partial charge < -0.3 is 26.6 Å². The van der Waals surface area contributed by atoms with Crippen molar-refractivity contribution in [1.82, 2.24) is 15.1 Å². The fourth-order valence-electron chi connectivity index (χ4n) is 3.67. The van der Waals surface area contributed by atoms with E-state index in [1.165, 1.54) is 38.7 Å². The molecule has 7 nitrogen and oxygen atoms in total. The Morgan fingerprint density at radius 1 is 1.20 bits per heavy atom. The molecule has 3 aliphatic rings. The normalized spacial score (nSPS) is 27.6. The van der Waals surface area contributed by atoms with E-state index in [1.54, 1.807) is 12.2 Å². The summed E-state index contributed by atoms with van der Waals surface area (Å²) in [6.07, 6.45) is 9.46. The van der Waals surface area contributed by atoms with Crippen LogP contribution in [-0.4, -0.2) is 72.8 Å². The number of aliphatic imine (C=N–C) groups is 1. The van der Waals surface area contributed by atoms with Gasteiger partial charge in [-0.2, -0.15) is 0 Å². The summed E-state index contributed by atoms with van der Waals surface area (Å²) in [5, 5.41) is 3.10. The van der Waals surface area contributed by atoms with Crippen LogP contribution in [0.4, 0.5) is 0 Å². The Morgan fingerprint density at radius 2 is 1.84 bits per heavy atom. The molecule has 0 radical (unpaired) electrons. The first-order valence-electron chi connectivity index (χ1n) is 9.35. The van der Waals surface area contributed by atoms with E-state index in [2.05, 4.69) is 20.1 Å². The highest BCUT2D eigenvalue weighted by atomic mass is 16.1. The Labute approximate surface area is 149 Å². The van der Waals surface area contributed by atoms with Gasteiger partial charge in [-0.1, -0.05) is 6.08 Å². The van der Waals surface area contributed by atoms with E-state index in [1.807, 2.05) is 0 Å². The third kappa shape index (κ3) is 4.90. The third-order valence-corrected chi connectivity index (χ3v) is 5.31. The molecule has 138 valence electrons. The van der Waals surface area contributed by atoms with E-state index in [-0.39, 0.29) is 18.0 Å². The highest BCUT2D eigenvalue weighted by molar-refractivity contribution is 6.43. The third-order valence-electron chi connectivity index (χ3n) is 5.31. The fourth-order valence-corrected chi connectivity index (χ4v) is 3.67. The molecule has 25 heavy (non-hydrogen) atoms. The van der Waals surface area contributed by atoms with Crippen LogP contribution in [0.3, 0.4) is 0 Å². The summed E-state index contributed by atoms with van der Waals surface area (Å²) in [6.45, 7) is 6.90. The zero-order valence-corrected chi connectivity index (χ0v) is 14.9. The number of likely N-dealkylation sites (tertiary alicyclic amines) is 2. The van der Waals surface area contributed by atoms with Crippen molar-refractivity contribution < 1.29 is 4.79 Å². The van der Waals surface area contributed by atoms with Gasteiger partial charge >= 0.3 is 0 Å². The van der Waals surface area contributed by atoms with Crippen molar-refractivity contribution in [3.63, 3.8) is 0 Å². The number of dihydropyridines is 1. The molecule has 2 saturated heterocycles. The minimum Gasteiger partial charge on any atom is -0.403 e. The molecule has 0 aromatic carbocycles. The maximum absolute atomic E-state index is 12.4. The topological polar surface area (TPSA) is 100.0 Å². The van der Waals surface area contributed by atoms with E-state index >= 15 is 0 Å². The van der Waals surface area contributed by atoms with Gasteiger partial charge in [0.25, 0.3) is 5.91 Å². The smallest absolute Gasteiger partial charge is 0.270 e. The van der Waals surface area contributed by atoms with Crippen molar-refractivity contribution >= 4 is 11.6 Å². The molecule has 0 aromatic heterocycles. The van der Waals surface area contributed by atoms with E-state index < -0.39 is 0 Å². The number of hydrogen-bond acceptors (Lipinski definition) is 6. The summed E-state index contributed by atoms with van der Waals surface area (Å²) in [7, 11) is 0. The molecule has 0 spiro atoms. The van der Waals surface area contributed by atoms with Gasteiger partial charge in [-0.3, -0.25) is 4.79 Å². The first-order valence-corrected chi connectivity index (χ1v) is 9.35. The molecule has 7 heteroatoms. The van der Waals surface area contributed by atoms with Gasteiger partial charge in [0, 0.05) is 38.4 Å². The fraction of sp³-hybridized carbons (Fsp3) is 0.667. The number of piperidine rings is 1. The molecule has 2 fully saturated rings. The number of carbonyl (C=O) groups is 1. The lowest BCUT2D eigenvalue weighted by Crippen LogP contribution is -2.47. The van der Waals surface area contributed by atoms with Crippen LogP contribution in [0.1, 0.15) is 25.7 Å². The van der Waals surface area contributed by atoms with Gasteiger partial charge in [0.05, 0.1) is 11.7 Å². The molecular weight excluding hydrogens is 316 g/mol. The van der Waals surface area contributed by atoms with Crippen LogP contribution in [0.5, 0.6) is 0 Å². The summed E-state index contributed by atoms with van der Waals surface area (Å²) in [6, 6.07) is -0.118. The Bertz CT molecular complexity index is 556. The molecule has 0 aliphatic carbocycles. The van der Waals surface area contributed by atoms with Gasteiger partial charge in [-0.15, -0.1) is 0 Å². The lowest BCUT2D eigenvalue weighted by Gasteiger charge is -2.33. The number of nitrogens with one attached hydrogen (secondary N) is 1. The van der Waals surface area contributed by atoms with Crippen LogP contribution < -0.4 is 16.8 Å². The molecule has 3 heterocycles. The van der Waals surface area contributed by atoms with Gasteiger partial charge in [-0.25, -0.2) is 4.99 Å². The van der Waals surface area contributed by atoms with Gasteiger partial charge in [0.2, 0.25) is 0 Å². The minimum absolute atomic E-state index is 0.141.